The van der Waals surface area contributed by atoms with Crippen molar-refractivity contribution in [3.05, 3.63) is 28.8 Å². The number of phenols is 1. The lowest BCUT2D eigenvalue weighted by Gasteiger charge is -2.11. The molecule has 18 heavy (non-hydrogen) atoms. The zero-order valence-electron chi connectivity index (χ0n) is 11.2. The molecular formula is C15H22O3. The summed E-state index contributed by atoms with van der Waals surface area (Å²) in [6.45, 7) is 4.19. The number of benzene rings is 1. The van der Waals surface area contributed by atoms with E-state index in [0.717, 1.165) is 43.2 Å². The van der Waals surface area contributed by atoms with Crippen LogP contribution < -0.4 is 0 Å². The molecule has 0 amide bonds. The first-order chi connectivity index (χ1) is 8.60. The first-order valence-electron chi connectivity index (χ1n) is 6.68. The highest BCUT2D eigenvalue weighted by atomic mass is 16.4. The van der Waals surface area contributed by atoms with E-state index in [2.05, 4.69) is 13.8 Å². The quantitative estimate of drug-likeness (QED) is 0.774. The van der Waals surface area contributed by atoms with Crippen LogP contribution in [0.4, 0.5) is 0 Å². The van der Waals surface area contributed by atoms with Crippen LogP contribution in [0.1, 0.15) is 61.0 Å². The average Bonchev–Trinajstić information content (AvgIpc) is 2.32. The van der Waals surface area contributed by atoms with E-state index >= 15 is 0 Å². The number of rotatable bonds is 7. The molecule has 0 bridgehead atoms. The van der Waals surface area contributed by atoms with Crippen LogP contribution in [0.15, 0.2) is 12.1 Å². The number of aromatic hydroxyl groups is 1. The maximum absolute atomic E-state index is 11.2. The molecule has 3 heteroatoms. The monoisotopic (exact) mass is 250 g/mol. The van der Waals surface area contributed by atoms with Crippen molar-refractivity contribution in [1.82, 2.24) is 0 Å². The van der Waals surface area contributed by atoms with Crippen molar-refractivity contribution in [1.29, 1.82) is 0 Å². The average molecular weight is 250 g/mol. The Hall–Kier alpha value is -1.51. The number of hydrogen-bond donors (Lipinski definition) is 2. The van der Waals surface area contributed by atoms with Crippen LogP contribution in [0.2, 0.25) is 0 Å². The van der Waals surface area contributed by atoms with Gasteiger partial charge in [-0.3, -0.25) is 0 Å². The minimum atomic E-state index is -1.04. The van der Waals surface area contributed by atoms with Crippen molar-refractivity contribution in [3.63, 3.8) is 0 Å². The summed E-state index contributed by atoms with van der Waals surface area (Å²) in [5.41, 5.74) is 1.87. The number of aromatic carboxylic acids is 1. The Labute approximate surface area is 108 Å². The van der Waals surface area contributed by atoms with Gasteiger partial charge in [0, 0.05) is 0 Å². The molecule has 0 unspecified atom stereocenters. The summed E-state index contributed by atoms with van der Waals surface area (Å²) in [4.78, 5) is 11.2. The largest absolute Gasteiger partial charge is 0.507 e. The molecular weight excluding hydrogens is 228 g/mol. The minimum Gasteiger partial charge on any atom is -0.507 e. The second kappa shape index (κ2) is 7.04. The highest BCUT2D eigenvalue weighted by molar-refractivity contribution is 5.92. The Morgan fingerprint density at radius 1 is 1.11 bits per heavy atom. The third-order valence-corrected chi connectivity index (χ3v) is 3.09. The topological polar surface area (TPSA) is 57.5 Å². The van der Waals surface area contributed by atoms with E-state index in [-0.39, 0.29) is 11.3 Å². The summed E-state index contributed by atoms with van der Waals surface area (Å²) in [7, 11) is 0. The van der Waals surface area contributed by atoms with Crippen molar-refractivity contribution in [3.8, 4) is 5.75 Å². The SMILES string of the molecule is CCCCc1cc(O)c(C(=O)O)c(CCCC)c1. The zero-order valence-corrected chi connectivity index (χ0v) is 11.2. The predicted molar refractivity (Wildman–Crippen MR) is 72.3 cm³/mol. The first-order valence-corrected chi connectivity index (χ1v) is 6.68. The highest BCUT2D eigenvalue weighted by Gasteiger charge is 2.16. The van der Waals surface area contributed by atoms with Gasteiger partial charge in [-0.25, -0.2) is 4.79 Å². The molecule has 0 aromatic heterocycles. The van der Waals surface area contributed by atoms with Crippen LogP contribution in [0.25, 0.3) is 0 Å². The molecule has 0 spiro atoms. The van der Waals surface area contributed by atoms with Crippen molar-refractivity contribution in [2.75, 3.05) is 0 Å². The van der Waals surface area contributed by atoms with Gasteiger partial charge >= 0.3 is 5.97 Å². The Kier molecular flexibility index (Phi) is 5.69. The molecule has 0 saturated carbocycles. The standard InChI is InChI=1S/C15H22O3/c1-3-5-7-11-9-12(8-6-4-2)14(15(17)18)13(16)10-11/h9-10,16H,3-8H2,1-2H3,(H,17,18). The fraction of sp³-hybridized carbons (Fsp3) is 0.533. The van der Waals surface area contributed by atoms with Crippen LogP contribution in [0.5, 0.6) is 5.75 Å². The molecule has 0 radical (unpaired) electrons. The summed E-state index contributed by atoms with van der Waals surface area (Å²) >= 11 is 0. The van der Waals surface area contributed by atoms with Crippen LogP contribution in [-0.4, -0.2) is 16.2 Å². The molecule has 0 aliphatic carbocycles. The molecule has 0 fully saturated rings. The van der Waals surface area contributed by atoms with Gasteiger partial charge in [0.25, 0.3) is 0 Å². The molecule has 1 aromatic carbocycles. The van der Waals surface area contributed by atoms with E-state index in [0.29, 0.717) is 6.42 Å². The lowest BCUT2D eigenvalue weighted by molar-refractivity contribution is 0.0692. The molecule has 0 aliphatic heterocycles. The van der Waals surface area contributed by atoms with Crippen LogP contribution >= 0.6 is 0 Å². The molecule has 0 aliphatic rings. The van der Waals surface area contributed by atoms with Crippen molar-refractivity contribution in [2.45, 2.75) is 52.4 Å². The third kappa shape index (κ3) is 3.76. The molecule has 0 heterocycles. The van der Waals surface area contributed by atoms with Gasteiger partial charge in [-0.05, 0) is 42.9 Å². The van der Waals surface area contributed by atoms with Crippen LogP contribution in [-0.2, 0) is 12.8 Å². The van der Waals surface area contributed by atoms with Gasteiger partial charge in [0.05, 0.1) is 0 Å². The Bertz CT molecular complexity index is 410. The molecule has 1 rings (SSSR count). The molecule has 1 aromatic rings. The fourth-order valence-corrected chi connectivity index (χ4v) is 2.09. The minimum absolute atomic E-state index is 0.0729. The summed E-state index contributed by atoms with van der Waals surface area (Å²) in [5.74, 6) is -1.14. The van der Waals surface area contributed by atoms with E-state index in [1.165, 1.54) is 0 Å². The van der Waals surface area contributed by atoms with Gasteiger partial charge in [-0.15, -0.1) is 0 Å². The van der Waals surface area contributed by atoms with Crippen molar-refractivity contribution < 1.29 is 15.0 Å². The number of carboxylic acids is 1. The van der Waals surface area contributed by atoms with Crippen LogP contribution in [0, 0.1) is 0 Å². The summed E-state index contributed by atoms with van der Waals surface area (Å²) in [6.07, 6.45) is 5.70. The lowest BCUT2D eigenvalue weighted by atomic mass is 9.96. The zero-order chi connectivity index (χ0) is 13.5. The van der Waals surface area contributed by atoms with E-state index in [4.69, 9.17) is 5.11 Å². The van der Waals surface area contributed by atoms with E-state index in [1.807, 2.05) is 6.07 Å². The van der Waals surface area contributed by atoms with E-state index in [9.17, 15) is 9.90 Å². The Morgan fingerprint density at radius 3 is 2.28 bits per heavy atom. The van der Waals surface area contributed by atoms with Gasteiger partial charge in [0.2, 0.25) is 0 Å². The fourth-order valence-electron chi connectivity index (χ4n) is 2.09. The smallest absolute Gasteiger partial charge is 0.339 e. The number of carboxylic acid groups (broad SMARTS) is 1. The molecule has 3 nitrogen and oxygen atoms in total. The van der Waals surface area contributed by atoms with Gasteiger partial charge in [0.1, 0.15) is 11.3 Å². The number of carbonyl (C=O) groups is 1. The Morgan fingerprint density at radius 2 is 1.72 bits per heavy atom. The predicted octanol–water partition coefficient (Wildman–Crippen LogP) is 3.78. The molecule has 100 valence electrons. The summed E-state index contributed by atoms with van der Waals surface area (Å²) < 4.78 is 0. The van der Waals surface area contributed by atoms with Crippen molar-refractivity contribution >= 4 is 5.97 Å². The number of unbranched alkanes of at least 4 members (excludes halogenated alkanes) is 2. The second-order valence-corrected chi connectivity index (χ2v) is 4.66. The Balaban J connectivity index is 3.06. The number of aryl methyl sites for hydroxylation is 2. The van der Waals surface area contributed by atoms with E-state index in [1.54, 1.807) is 6.07 Å². The van der Waals surface area contributed by atoms with Gasteiger partial charge in [-0.2, -0.15) is 0 Å². The molecule has 0 saturated heterocycles. The van der Waals surface area contributed by atoms with Gasteiger partial charge in [-0.1, -0.05) is 32.8 Å². The summed E-state index contributed by atoms with van der Waals surface area (Å²) in [6, 6.07) is 3.53. The van der Waals surface area contributed by atoms with Crippen LogP contribution in [0.3, 0.4) is 0 Å². The normalized spacial score (nSPS) is 10.6. The maximum Gasteiger partial charge on any atom is 0.339 e. The highest BCUT2D eigenvalue weighted by Crippen LogP contribution is 2.26. The molecule has 2 N–H and O–H groups in total. The third-order valence-electron chi connectivity index (χ3n) is 3.09. The summed E-state index contributed by atoms with van der Waals surface area (Å²) in [5, 5.41) is 19.0. The lowest BCUT2D eigenvalue weighted by Crippen LogP contribution is -2.04. The second-order valence-electron chi connectivity index (χ2n) is 4.66. The van der Waals surface area contributed by atoms with Gasteiger partial charge < -0.3 is 10.2 Å². The van der Waals surface area contributed by atoms with E-state index < -0.39 is 5.97 Å². The number of hydrogen-bond acceptors (Lipinski definition) is 2. The van der Waals surface area contributed by atoms with Gasteiger partial charge in [0.15, 0.2) is 0 Å². The molecule has 0 atom stereocenters. The first kappa shape index (κ1) is 14.6. The maximum atomic E-state index is 11.2. The van der Waals surface area contributed by atoms with Crippen molar-refractivity contribution in [2.24, 2.45) is 0 Å².